The first-order chi connectivity index (χ1) is 17.6. The first kappa shape index (κ1) is 22.9. The first-order valence-corrected chi connectivity index (χ1v) is 13.1. The summed E-state index contributed by atoms with van der Waals surface area (Å²) in [6.45, 7) is 5.48. The minimum atomic E-state index is -0.132. The van der Waals surface area contributed by atoms with Crippen LogP contribution in [0, 0.1) is 5.92 Å². The van der Waals surface area contributed by atoms with Crippen LogP contribution in [0.1, 0.15) is 50.6 Å². The molecule has 2 aliphatic rings. The number of piperidine rings is 1. The smallest absolute Gasteiger partial charge is 0.258 e. The lowest BCUT2D eigenvalue weighted by atomic mass is 9.85. The van der Waals surface area contributed by atoms with Crippen LogP contribution in [0.15, 0.2) is 65.7 Å². The van der Waals surface area contributed by atoms with Crippen molar-refractivity contribution in [1.82, 2.24) is 29.7 Å². The maximum absolute atomic E-state index is 12.5. The summed E-state index contributed by atoms with van der Waals surface area (Å²) in [5.41, 5.74) is 4.03. The Morgan fingerprint density at radius 1 is 1.06 bits per heavy atom. The molecule has 3 aromatic heterocycles. The van der Waals surface area contributed by atoms with E-state index >= 15 is 0 Å². The highest BCUT2D eigenvalue weighted by Crippen LogP contribution is 2.27. The van der Waals surface area contributed by atoms with E-state index in [0.29, 0.717) is 23.1 Å². The van der Waals surface area contributed by atoms with Gasteiger partial charge < -0.3 is 10.2 Å². The van der Waals surface area contributed by atoms with Crippen LogP contribution in [0.2, 0.25) is 0 Å². The van der Waals surface area contributed by atoms with Gasteiger partial charge in [-0.1, -0.05) is 29.8 Å². The van der Waals surface area contributed by atoms with Gasteiger partial charge in [0.05, 0.1) is 12.2 Å². The standard InChI is InChI=1S/C28H33N7O/c1-20(35-19-26(31-32-35)25-16-28(36)34-15-3-2-9-27(34)30-25)22-10-12-24(13-11-22)33-14-5-8-23(18-33)29-17-21-6-4-7-21/h2-3,9-13,15-16,19-21,23,29H,4-8,14,17-18H2,1H3/t20?,23-/m1/s1. The molecular formula is C28H33N7O. The fraction of sp³-hybridized carbons (Fsp3) is 0.429. The number of nitrogens with zero attached hydrogens (tertiary/aromatic N) is 6. The molecule has 6 rings (SSSR count). The number of benzene rings is 1. The van der Waals surface area contributed by atoms with Gasteiger partial charge in [-0.15, -0.1) is 5.10 Å². The number of aromatic nitrogens is 5. The molecule has 1 unspecified atom stereocenters. The molecule has 1 saturated heterocycles. The van der Waals surface area contributed by atoms with Gasteiger partial charge in [-0.25, -0.2) is 9.67 Å². The van der Waals surface area contributed by atoms with Gasteiger partial charge in [-0.05, 0) is 74.9 Å². The molecule has 2 fully saturated rings. The van der Waals surface area contributed by atoms with Crippen molar-refractivity contribution in [2.75, 3.05) is 24.5 Å². The third-order valence-corrected chi connectivity index (χ3v) is 7.82. The summed E-state index contributed by atoms with van der Waals surface area (Å²) in [4.78, 5) is 19.6. The van der Waals surface area contributed by atoms with Gasteiger partial charge in [0.2, 0.25) is 0 Å². The van der Waals surface area contributed by atoms with E-state index in [1.807, 2.05) is 29.1 Å². The van der Waals surface area contributed by atoms with E-state index in [1.54, 1.807) is 6.20 Å². The Balaban J connectivity index is 1.13. The number of rotatable bonds is 7. The molecule has 4 heterocycles. The van der Waals surface area contributed by atoms with Gasteiger partial charge in [0.25, 0.3) is 5.56 Å². The van der Waals surface area contributed by atoms with E-state index in [4.69, 9.17) is 0 Å². The summed E-state index contributed by atoms with van der Waals surface area (Å²) in [5, 5.41) is 12.5. The van der Waals surface area contributed by atoms with E-state index in [9.17, 15) is 4.79 Å². The number of anilines is 1. The van der Waals surface area contributed by atoms with E-state index in [1.165, 1.54) is 60.4 Å². The van der Waals surface area contributed by atoms with Gasteiger partial charge >= 0.3 is 0 Å². The molecule has 8 heteroatoms. The van der Waals surface area contributed by atoms with Crippen LogP contribution in [0.25, 0.3) is 17.0 Å². The number of fused-ring (bicyclic) bond motifs is 1. The number of nitrogens with one attached hydrogen (secondary N) is 1. The highest BCUT2D eigenvalue weighted by molar-refractivity contribution is 5.56. The minimum Gasteiger partial charge on any atom is -0.370 e. The number of pyridine rings is 1. The van der Waals surface area contributed by atoms with Crippen molar-refractivity contribution < 1.29 is 0 Å². The Labute approximate surface area is 211 Å². The number of hydrogen-bond acceptors (Lipinski definition) is 6. The molecule has 1 N–H and O–H groups in total. The summed E-state index contributed by atoms with van der Waals surface area (Å²) in [6, 6.07) is 16.4. The third-order valence-electron chi connectivity index (χ3n) is 7.82. The molecule has 186 valence electrons. The Hall–Kier alpha value is -3.52. The molecule has 1 aliphatic heterocycles. The third kappa shape index (κ3) is 4.65. The second-order valence-electron chi connectivity index (χ2n) is 10.3. The average Bonchev–Trinajstić information content (AvgIpc) is 3.38. The van der Waals surface area contributed by atoms with Crippen LogP contribution < -0.4 is 15.8 Å². The largest absolute Gasteiger partial charge is 0.370 e. The van der Waals surface area contributed by atoms with Gasteiger partial charge in [-0.2, -0.15) is 0 Å². The monoisotopic (exact) mass is 483 g/mol. The highest BCUT2D eigenvalue weighted by atomic mass is 16.1. The molecule has 36 heavy (non-hydrogen) atoms. The molecule has 0 bridgehead atoms. The van der Waals surface area contributed by atoms with Crippen molar-refractivity contribution in [3.05, 3.63) is 76.8 Å². The Kier molecular flexibility index (Phi) is 6.27. The molecular weight excluding hydrogens is 450 g/mol. The summed E-state index contributed by atoms with van der Waals surface area (Å²) < 4.78 is 3.35. The van der Waals surface area contributed by atoms with Crippen molar-refractivity contribution >= 4 is 11.3 Å². The zero-order valence-electron chi connectivity index (χ0n) is 20.8. The quantitative estimate of drug-likeness (QED) is 0.429. The topological polar surface area (TPSA) is 80.3 Å². The van der Waals surface area contributed by atoms with Crippen molar-refractivity contribution in [2.24, 2.45) is 5.92 Å². The van der Waals surface area contributed by atoms with Gasteiger partial charge in [0, 0.05) is 37.1 Å². The SMILES string of the molecule is CC(c1ccc(N2CCC[C@@H](NCC3CCC3)C2)cc1)n1cc(-c2cc(=O)n3ccccc3n2)nn1. The van der Waals surface area contributed by atoms with Gasteiger partial charge in [0.1, 0.15) is 17.0 Å². The summed E-state index contributed by atoms with van der Waals surface area (Å²) in [7, 11) is 0. The Bertz CT molecular complexity index is 1390. The van der Waals surface area contributed by atoms with E-state index < -0.39 is 0 Å². The van der Waals surface area contributed by atoms with Crippen molar-refractivity contribution in [3.8, 4) is 11.4 Å². The molecule has 1 aliphatic carbocycles. The van der Waals surface area contributed by atoms with Crippen molar-refractivity contribution in [1.29, 1.82) is 0 Å². The molecule has 0 spiro atoms. The fourth-order valence-corrected chi connectivity index (χ4v) is 5.29. The van der Waals surface area contributed by atoms with Gasteiger partial charge in [0.15, 0.2) is 0 Å². The minimum absolute atomic E-state index is 0.0140. The number of hydrogen-bond donors (Lipinski definition) is 1. The summed E-state index contributed by atoms with van der Waals surface area (Å²) >= 11 is 0. The summed E-state index contributed by atoms with van der Waals surface area (Å²) in [6.07, 6.45) is 10.3. The predicted octanol–water partition coefficient (Wildman–Crippen LogP) is 3.92. The molecule has 0 amide bonds. The molecule has 0 radical (unpaired) electrons. The second-order valence-corrected chi connectivity index (χ2v) is 10.3. The van der Waals surface area contributed by atoms with Crippen molar-refractivity contribution in [2.45, 2.75) is 51.1 Å². The predicted molar refractivity (Wildman–Crippen MR) is 141 cm³/mol. The van der Waals surface area contributed by atoms with Crippen molar-refractivity contribution in [3.63, 3.8) is 0 Å². The molecule has 8 nitrogen and oxygen atoms in total. The van der Waals surface area contributed by atoms with E-state index in [0.717, 1.165) is 19.0 Å². The maximum Gasteiger partial charge on any atom is 0.258 e. The highest BCUT2D eigenvalue weighted by Gasteiger charge is 2.23. The molecule has 1 aromatic carbocycles. The van der Waals surface area contributed by atoms with Crippen LogP contribution in [0.3, 0.4) is 0 Å². The van der Waals surface area contributed by atoms with Crippen LogP contribution in [0.5, 0.6) is 0 Å². The first-order valence-electron chi connectivity index (χ1n) is 13.1. The van der Waals surface area contributed by atoms with E-state index in [2.05, 4.69) is 56.7 Å². The van der Waals surface area contributed by atoms with Crippen LogP contribution in [0.4, 0.5) is 5.69 Å². The lowest BCUT2D eigenvalue weighted by Gasteiger charge is -2.36. The zero-order chi connectivity index (χ0) is 24.5. The lowest BCUT2D eigenvalue weighted by Crippen LogP contribution is -2.47. The van der Waals surface area contributed by atoms with Crippen LogP contribution in [-0.4, -0.2) is 50.1 Å². The molecule has 1 saturated carbocycles. The van der Waals surface area contributed by atoms with Crippen LogP contribution in [-0.2, 0) is 0 Å². The zero-order valence-corrected chi connectivity index (χ0v) is 20.8. The molecule has 4 aromatic rings. The second kappa shape index (κ2) is 9.85. The summed E-state index contributed by atoms with van der Waals surface area (Å²) in [5.74, 6) is 0.900. The Morgan fingerprint density at radius 2 is 1.92 bits per heavy atom. The lowest BCUT2D eigenvalue weighted by molar-refractivity contribution is 0.280. The maximum atomic E-state index is 12.5. The fourth-order valence-electron chi connectivity index (χ4n) is 5.29. The normalized spacial score (nSPS) is 19.4. The average molecular weight is 484 g/mol. The Morgan fingerprint density at radius 3 is 2.72 bits per heavy atom. The van der Waals surface area contributed by atoms with Gasteiger partial charge in [-0.3, -0.25) is 9.20 Å². The molecule has 2 atom stereocenters. The van der Waals surface area contributed by atoms with E-state index in [-0.39, 0.29) is 11.6 Å². The van der Waals surface area contributed by atoms with Crippen LogP contribution >= 0.6 is 0 Å².